The van der Waals surface area contributed by atoms with Crippen LogP contribution >= 0.6 is 0 Å². The molecule has 0 aromatic carbocycles. The highest BCUT2D eigenvalue weighted by atomic mass is 19.4. The second-order valence-electron chi connectivity index (χ2n) is 7.39. The van der Waals surface area contributed by atoms with Gasteiger partial charge in [0.15, 0.2) is 11.3 Å². The predicted octanol–water partition coefficient (Wildman–Crippen LogP) is 4.25. The number of hydrogen-bond acceptors (Lipinski definition) is 3. The molecule has 4 rings (SSSR count). The summed E-state index contributed by atoms with van der Waals surface area (Å²) >= 11 is 0. The zero-order chi connectivity index (χ0) is 17.6. The molecule has 1 aliphatic carbocycles. The maximum Gasteiger partial charge on any atom is 0.435 e. The Morgan fingerprint density at radius 2 is 2.00 bits per heavy atom. The van der Waals surface area contributed by atoms with Gasteiger partial charge in [-0.1, -0.05) is 13.3 Å². The predicted molar refractivity (Wildman–Crippen MR) is 88.3 cm³/mol. The van der Waals surface area contributed by atoms with Gasteiger partial charge in [-0.05, 0) is 50.3 Å². The summed E-state index contributed by atoms with van der Waals surface area (Å²) < 4.78 is 42.0. The summed E-state index contributed by atoms with van der Waals surface area (Å²) in [6.07, 6.45) is 1.01. The van der Waals surface area contributed by atoms with Crippen LogP contribution < -0.4 is 0 Å². The summed E-state index contributed by atoms with van der Waals surface area (Å²) in [5.74, 6) is 0.989. The minimum Gasteiger partial charge on any atom is -0.297 e. The monoisotopic (exact) mass is 352 g/mol. The molecule has 0 spiro atoms. The van der Waals surface area contributed by atoms with Crippen LogP contribution in [0.5, 0.6) is 0 Å². The molecule has 4 nitrogen and oxygen atoms in total. The molecule has 7 heteroatoms. The highest BCUT2D eigenvalue weighted by Crippen LogP contribution is 2.39. The molecular formula is C18H23F3N4. The van der Waals surface area contributed by atoms with Crippen molar-refractivity contribution in [2.45, 2.75) is 57.7 Å². The molecule has 1 atom stereocenters. The van der Waals surface area contributed by atoms with Gasteiger partial charge in [0.05, 0.1) is 11.4 Å². The number of rotatable bonds is 5. The first-order valence-electron chi connectivity index (χ1n) is 9.13. The molecule has 2 aliphatic rings. The lowest BCUT2D eigenvalue weighted by Gasteiger charge is -2.17. The number of fused-ring (bicyclic) bond motifs is 1. The van der Waals surface area contributed by atoms with E-state index in [0.29, 0.717) is 11.8 Å². The van der Waals surface area contributed by atoms with E-state index < -0.39 is 11.9 Å². The smallest absolute Gasteiger partial charge is 0.297 e. The minimum atomic E-state index is -4.45. The second kappa shape index (κ2) is 6.27. The van der Waals surface area contributed by atoms with Crippen molar-refractivity contribution >= 4 is 5.65 Å². The summed E-state index contributed by atoms with van der Waals surface area (Å²) in [6, 6.07) is 3.49. The number of hydrogen-bond donors (Lipinski definition) is 0. The zero-order valence-electron chi connectivity index (χ0n) is 14.4. The van der Waals surface area contributed by atoms with Gasteiger partial charge in [0.1, 0.15) is 0 Å². The first-order valence-corrected chi connectivity index (χ1v) is 9.13. The quantitative estimate of drug-likeness (QED) is 0.807. The highest BCUT2D eigenvalue weighted by molar-refractivity contribution is 5.43. The molecule has 1 unspecified atom stereocenters. The van der Waals surface area contributed by atoms with E-state index in [1.165, 1.54) is 4.52 Å². The normalized spacial score (nSPS) is 22.2. The Bertz CT molecular complexity index is 764. The van der Waals surface area contributed by atoms with Gasteiger partial charge in [-0.15, -0.1) is 0 Å². The number of aromatic nitrogens is 3. The molecule has 2 fully saturated rings. The van der Waals surface area contributed by atoms with E-state index in [1.807, 2.05) is 6.07 Å². The van der Waals surface area contributed by atoms with Crippen LogP contribution in [0.2, 0.25) is 0 Å². The second-order valence-corrected chi connectivity index (χ2v) is 7.39. The van der Waals surface area contributed by atoms with Crippen molar-refractivity contribution in [3.8, 4) is 0 Å². The zero-order valence-corrected chi connectivity index (χ0v) is 14.4. The summed E-state index contributed by atoms with van der Waals surface area (Å²) in [7, 11) is 0. The van der Waals surface area contributed by atoms with E-state index in [-0.39, 0.29) is 17.9 Å². The lowest BCUT2D eigenvalue weighted by molar-refractivity contribution is -0.141. The Kier molecular flexibility index (Phi) is 4.22. The summed E-state index contributed by atoms with van der Waals surface area (Å²) in [5.41, 5.74) is 0.565. The van der Waals surface area contributed by atoms with Crippen LogP contribution in [0.1, 0.15) is 62.0 Å². The van der Waals surface area contributed by atoms with Gasteiger partial charge in [0.2, 0.25) is 0 Å². The van der Waals surface area contributed by atoms with Crippen molar-refractivity contribution in [2.75, 3.05) is 13.1 Å². The van der Waals surface area contributed by atoms with Crippen molar-refractivity contribution in [3.05, 3.63) is 29.2 Å². The Balaban J connectivity index is 1.68. The third kappa shape index (κ3) is 3.38. The molecule has 3 heterocycles. The number of imidazole rings is 1. The Morgan fingerprint density at radius 1 is 1.20 bits per heavy atom. The molecule has 2 aromatic rings. The maximum absolute atomic E-state index is 13.5. The van der Waals surface area contributed by atoms with Gasteiger partial charge in [-0.25, -0.2) is 9.50 Å². The van der Waals surface area contributed by atoms with E-state index in [9.17, 15) is 13.2 Å². The van der Waals surface area contributed by atoms with Crippen LogP contribution in [0.4, 0.5) is 13.2 Å². The topological polar surface area (TPSA) is 33.4 Å². The lowest BCUT2D eigenvalue weighted by Crippen LogP contribution is -2.23. The van der Waals surface area contributed by atoms with Crippen LogP contribution in [0.15, 0.2) is 12.1 Å². The Labute approximate surface area is 145 Å². The van der Waals surface area contributed by atoms with Gasteiger partial charge < -0.3 is 0 Å². The molecule has 0 amide bonds. The van der Waals surface area contributed by atoms with Crippen molar-refractivity contribution in [1.82, 2.24) is 19.5 Å². The van der Waals surface area contributed by atoms with Gasteiger partial charge in [0, 0.05) is 19.0 Å². The maximum atomic E-state index is 13.5. The summed E-state index contributed by atoms with van der Waals surface area (Å²) in [6.45, 7) is 4.12. The van der Waals surface area contributed by atoms with Gasteiger partial charge in [0.25, 0.3) is 0 Å². The average Bonchev–Trinajstić information content (AvgIpc) is 3.22. The van der Waals surface area contributed by atoms with E-state index in [1.54, 1.807) is 6.07 Å². The van der Waals surface area contributed by atoms with Crippen molar-refractivity contribution in [3.63, 3.8) is 0 Å². The molecule has 0 bridgehead atoms. The lowest BCUT2D eigenvalue weighted by atomic mass is 10.0. The first-order chi connectivity index (χ1) is 12.0. The molecule has 1 saturated carbocycles. The van der Waals surface area contributed by atoms with E-state index >= 15 is 0 Å². The Hall–Kier alpha value is -1.63. The molecule has 136 valence electrons. The highest BCUT2D eigenvalue weighted by Gasteiger charge is 2.39. The third-order valence-corrected chi connectivity index (χ3v) is 5.30. The van der Waals surface area contributed by atoms with Gasteiger partial charge >= 0.3 is 6.18 Å². The standard InChI is InChI=1S/C18H23F3N4/c1-2-3-12-8-9-24(10-12)11-15-17(18(19,20)21)22-16-7-6-14(13-4-5-13)23-25(15)16/h6-7,12-13H,2-5,8-11H2,1H3. The number of halogens is 3. The van der Waals surface area contributed by atoms with Crippen molar-refractivity contribution in [1.29, 1.82) is 0 Å². The first kappa shape index (κ1) is 16.8. The van der Waals surface area contributed by atoms with Crippen molar-refractivity contribution < 1.29 is 13.2 Å². The van der Waals surface area contributed by atoms with Crippen LogP contribution in [0.3, 0.4) is 0 Å². The van der Waals surface area contributed by atoms with E-state index in [2.05, 4.69) is 21.9 Å². The fraction of sp³-hybridized carbons (Fsp3) is 0.667. The number of alkyl halides is 3. The van der Waals surface area contributed by atoms with Gasteiger partial charge in [-0.2, -0.15) is 18.3 Å². The fourth-order valence-corrected chi connectivity index (χ4v) is 3.87. The largest absolute Gasteiger partial charge is 0.435 e. The number of nitrogens with zero attached hydrogens (tertiary/aromatic N) is 4. The molecule has 1 saturated heterocycles. The van der Waals surface area contributed by atoms with Crippen molar-refractivity contribution in [2.24, 2.45) is 5.92 Å². The molecule has 0 N–H and O–H groups in total. The minimum absolute atomic E-state index is 0.183. The molecule has 0 radical (unpaired) electrons. The van der Waals surface area contributed by atoms with Crippen LogP contribution in [-0.2, 0) is 12.7 Å². The van der Waals surface area contributed by atoms with Crippen LogP contribution in [0.25, 0.3) is 5.65 Å². The third-order valence-electron chi connectivity index (χ3n) is 5.30. The summed E-state index contributed by atoms with van der Waals surface area (Å²) in [5, 5.41) is 4.50. The molecular weight excluding hydrogens is 329 g/mol. The molecule has 25 heavy (non-hydrogen) atoms. The van der Waals surface area contributed by atoms with Gasteiger partial charge in [-0.3, -0.25) is 4.90 Å². The van der Waals surface area contributed by atoms with Crippen LogP contribution in [0, 0.1) is 5.92 Å². The SMILES string of the molecule is CCCC1CCN(Cc2c(C(F)(F)F)nc3ccc(C4CC4)nn23)C1. The van der Waals surface area contributed by atoms with E-state index in [4.69, 9.17) is 0 Å². The fourth-order valence-electron chi connectivity index (χ4n) is 3.87. The molecule has 2 aromatic heterocycles. The average molecular weight is 352 g/mol. The molecule has 1 aliphatic heterocycles. The number of likely N-dealkylation sites (tertiary alicyclic amines) is 1. The summed E-state index contributed by atoms with van der Waals surface area (Å²) in [4.78, 5) is 5.97. The Morgan fingerprint density at radius 3 is 2.68 bits per heavy atom. The van der Waals surface area contributed by atoms with Crippen LogP contribution in [-0.4, -0.2) is 32.6 Å². The van der Waals surface area contributed by atoms with E-state index in [0.717, 1.165) is 50.9 Å².